The monoisotopic (exact) mass is 486 g/mol. The summed E-state index contributed by atoms with van der Waals surface area (Å²) >= 11 is 0. The molecule has 0 aliphatic carbocycles. The summed E-state index contributed by atoms with van der Waals surface area (Å²) in [6.45, 7) is 6.01. The van der Waals surface area contributed by atoms with Crippen molar-refractivity contribution in [1.29, 1.82) is 0 Å². The van der Waals surface area contributed by atoms with Crippen LogP contribution in [0.3, 0.4) is 0 Å². The fourth-order valence-electron chi connectivity index (χ4n) is 3.69. The van der Waals surface area contributed by atoms with Gasteiger partial charge in [0, 0.05) is 25.2 Å². The van der Waals surface area contributed by atoms with E-state index in [1.807, 2.05) is 12.1 Å². The lowest BCUT2D eigenvalue weighted by Crippen LogP contribution is -2.42. The zero-order chi connectivity index (χ0) is 26.0. The van der Waals surface area contributed by atoms with Crippen LogP contribution in [0.5, 0.6) is 0 Å². The summed E-state index contributed by atoms with van der Waals surface area (Å²) in [5, 5.41) is 7.86. The second-order valence-electron chi connectivity index (χ2n) is 9.38. The highest BCUT2D eigenvalue weighted by Gasteiger charge is 2.44. The Kier molecular flexibility index (Phi) is 10.4. The fraction of sp³-hybridized carbons (Fsp3) is 0.542. The average Bonchev–Trinajstić information content (AvgIpc) is 3.01. The van der Waals surface area contributed by atoms with Crippen molar-refractivity contribution in [2.24, 2.45) is 11.3 Å². The molecule has 11 heteroatoms. The van der Waals surface area contributed by atoms with Gasteiger partial charge >= 0.3 is 0 Å². The number of nitrogens with one attached hydrogen (secondary N) is 3. The Balaban J connectivity index is 1.60. The number of imide groups is 1. The van der Waals surface area contributed by atoms with Crippen LogP contribution in [0.4, 0.5) is 5.69 Å². The number of carbonyl (C=O) groups is 5. The topological polar surface area (TPSA) is 134 Å². The van der Waals surface area contributed by atoms with Crippen LogP contribution in [-0.2, 0) is 35.2 Å². The molecular formula is C24H35BN4O6. The number of anilines is 1. The van der Waals surface area contributed by atoms with Crippen molar-refractivity contribution in [3.05, 3.63) is 29.8 Å². The highest BCUT2D eigenvalue weighted by atomic mass is 16.4. The Morgan fingerprint density at radius 2 is 1.71 bits per heavy atom. The first-order valence-corrected chi connectivity index (χ1v) is 11.8. The van der Waals surface area contributed by atoms with E-state index in [1.54, 1.807) is 34.0 Å². The summed E-state index contributed by atoms with van der Waals surface area (Å²) in [4.78, 5) is 62.0. The Morgan fingerprint density at radius 3 is 2.31 bits per heavy atom. The molecule has 35 heavy (non-hydrogen) atoms. The minimum absolute atomic E-state index is 0.135. The molecule has 0 bridgehead atoms. The van der Waals surface area contributed by atoms with Crippen molar-refractivity contribution in [2.45, 2.75) is 53.1 Å². The van der Waals surface area contributed by atoms with Crippen molar-refractivity contribution < 1.29 is 28.6 Å². The Bertz CT molecular complexity index is 934. The van der Waals surface area contributed by atoms with Gasteiger partial charge in [0.15, 0.2) is 0 Å². The molecule has 0 radical (unpaired) electrons. The quantitative estimate of drug-likeness (QED) is 0.161. The molecule has 1 atom stereocenters. The standard InChI is InChI=1S/C24H35BN4O6/c1-16(22(33)27-14-19(30)28-18-9-7-17(8-10-18)15-35-25)21(32)26-11-5-4-6-12-29-20(31)13-24(2,3)23(29)34/h7-10,16H,4-6,11-15,25H2,1-3H3,(H,26,32)(H,27,33)(H,28,30). The van der Waals surface area contributed by atoms with Gasteiger partial charge < -0.3 is 20.6 Å². The van der Waals surface area contributed by atoms with Gasteiger partial charge in [-0.05, 0) is 43.9 Å². The number of unbranched alkanes of at least 4 members (excludes halogenated alkanes) is 2. The van der Waals surface area contributed by atoms with Gasteiger partial charge in [-0.25, -0.2) is 0 Å². The summed E-state index contributed by atoms with van der Waals surface area (Å²) in [5.41, 5.74) is 0.939. The number of nitrogens with zero attached hydrogens (tertiary/aromatic N) is 1. The van der Waals surface area contributed by atoms with Crippen LogP contribution in [-0.4, -0.2) is 62.1 Å². The highest BCUT2D eigenvalue weighted by Crippen LogP contribution is 2.31. The average molecular weight is 486 g/mol. The SMILES string of the molecule is BOCc1ccc(NC(=O)CNC(=O)C(C)C(=O)NCCCCCN2C(=O)CC(C)(C)C2=O)cc1. The molecule has 0 aromatic heterocycles. The van der Waals surface area contributed by atoms with Crippen LogP contribution in [0, 0.1) is 11.3 Å². The van der Waals surface area contributed by atoms with E-state index in [0.717, 1.165) is 12.0 Å². The smallest absolute Gasteiger partial charge is 0.257 e. The van der Waals surface area contributed by atoms with Crippen LogP contribution in [0.1, 0.15) is 52.0 Å². The van der Waals surface area contributed by atoms with Crippen molar-refractivity contribution in [3.63, 3.8) is 0 Å². The third-order valence-electron chi connectivity index (χ3n) is 5.83. The predicted octanol–water partition coefficient (Wildman–Crippen LogP) is 0.514. The number of rotatable bonds is 13. The summed E-state index contributed by atoms with van der Waals surface area (Å²) < 4.78 is 5.04. The molecule has 2 rings (SSSR count). The van der Waals surface area contributed by atoms with Crippen LogP contribution in [0.2, 0.25) is 0 Å². The van der Waals surface area contributed by atoms with E-state index in [1.165, 1.54) is 11.8 Å². The maximum Gasteiger partial charge on any atom is 0.257 e. The molecule has 0 saturated carbocycles. The minimum atomic E-state index is -0.946. The summed E-state index contributed by atoms with van der Waals surface area (Å²) in [7, 11) is 1.60. The predicted molar refractivity (Wildman–Crippen MR) is 133 cm³/mol. The normalized spacial score (nSPS) is 15.6. The van der Waals surface area contributed by atoms with Gasteiger partial charge in [0.25, 0.3) is 8.05 Å². The number of benzene rings is 1. The number of carbonyl (C=O) groups excluding carboxylic acids is 5. The van der Waals surface area contributed by atoms with E-state index in [9.17, 15) is 24.0 Å². The minimum Gasteiger partial charge on any atom is -0.440 e. The second-order valence-corrected chi connectivity index (χ2v) is 9.38. The first-order valence-electron chi connectivity index (χ1n) is 11.8. The van der Waals surface area contributed by atoms with E-state index < -0.39 is 29.1 Å². The third-order valence-corrected chi connectivity index (χ3v) is 5.83. The van der Waals surface area contributed by atoms with Crippen molar-refractivity contribution in [2.75, 3.05) is 25.0 Å². The van der Waals surface area contributed by atoms with E-state index >= 15 is 0 Å². The molecule has 190 valence electrons. The van der Waals surface area contributed by atoms with Crippen LogP contribution >= 0.6 is 0 Å². The molecule has 0 spiro atoms. The number of hydrogen-bond acceptors (Lipinski definition) is 6. The summed E-state index contributed by atoms with van der Waals surface area (Å²) in [6, 6.07) is 7.14. The van der Waals surface area contributed by atoms with Gasteiger partial charge in [-0.15, -0.1) is 0 Å². The largest absolute Gasteiger partial charge is 0.440 e. The number of amides is 5. The van der Waals surface area contributed by atoms with Crippen molar-refractivity contribution in [1.82, 2.24) is 15.5 Å². The zero-order valence-electron chi connectivity index (χ0n) is 20.9. The van der Waals surface area contributed by atoms with Gasteiger partial charge in [-0.2, -0.15) is 0 Å². The van der Waals surface area contributed by atoms with Gasteiger partial charge in [0.1, 0.15) is 5.92 Å². The molecule has 10 nitrogen and oxygen atoms in total. The zero-order valence-corrected chi connectivity index (χ0v) is 20.9. The molecule has 1 aromatic carbocycles. The lowest BCUT2D eigenvalue weighted by Gasteiger charge is -2.17. The Morgan fingerprint density at radius 1 is 1.06 bits per heavy atom. The molecule has 5 amide bonds. The van der Waals surface area contributed by atoms with E-state index in [4.69, 9.17) is 4.65 Å². The number of hydrogen-bond donors (Lipinski definition) is 3. The van der Waals surface area contributed by atoms with Crippen LogP contribution < -0.4 is 16.0 Å². The molecule has 1 heterocycles. The van der Waals surface area contributed by atoms with Gasteiger partial charge in [0.05, 0.1) is 18.6 Å². The van der Waals surface area contributed by atoms with Crippen molar-refractivity contribution in [3.8, 4) is 0 Å². The maximum absolute atomic E-state index is 12.2. The molecule has 1 unspecified atom stereocenters. The van der Waals surface area contributed by atoms with Crippen LogP contribution in [0.15, 0.2) is 24.3 Å². The molecule has 1 saturated heterocycles. The summed E-state index contributed by atoms with van der Waals surface area (Å²) in [5.74, 6) is -2.59. The first kappa shape index (κ1) is 28.0. The molecule has 1 aliphatic heterocycles. The van der Waals surface area contributed by atoms with Crippen molar-refractivity contribution >= 4 is 43.3 Å². The lowest BCUT2D eigenvalue weighted by atomic mass is 9.92. The fourth-order valence-corrected chi connectivity index (χ4v) is 3.69. The third kappa shape index (κ3) is 8.50. The first-order chi connectivity index (χ1) is 16.5. The molecule has 1 aromatic rings. The van der Waals surface area contributed by atoms with Gasteiger partial charge in [-0.3, -0.25) is 28.9 Å². The Labute approximate surface area is 207 Å². The van der Waals surface area contributed by atoms with E-state index in [0.29, 0.717) is 38.2 Å². The Hall–Kier alpha value is -3.21. The van der Waals surface area contributed by atoms with E-state index in [-0.39, 0.29) is 24.8 Å². The highest BCUT2D eigenvalue weighted by molar-refractivity contribution is 6.05. The summed E-state index contributed by atoms with van der Waals surface area (Å²) in [6.07, 6.45) is 2.28. The molecule has 3 N–H and O–H groups in total. The lowest BCUT2D eigenvalue weighted by molar-refractivity contribution is -0.141. The second kappa shape index (κ2) is 13.0. The number of likely N-dealkylation sites (tertiary alicyclic amines) is 1. The molecular weight excluding hydrogens is 451 g/mol. The molecule has 1 aliphatic rings. The van der Waals surface area contributed by atoms with Crippen LogP contribution in [0.25, 0.3) is 0 Å². The van der Waals surface area contributed by atoms with Gasteiger partial charge in [-0.1, -0.05) is 26.0 Å². The van der Waals surface area contributed by atoms with E-state index in [2.05, 4.69) is 16.0 Å². The maximum atomic E-state index is 12.2. The molecule has 1 fully saturated rings. The van der Waals surface area contributed by atoms with Gasteiger partial charge in [0.2, 0.25) is 29.5 Å².